The van der Waals surface area contributed by atoms with Crippen molar-refractivity contribution in [3.63, 3.8) is 0 Å². The molecule has 4 heterocycles. The fraction of sp³-hybridized carbons (Fsp3) is 0.450. The number of aryl methyl sites for hydroxylation is 2. The maximum Gasteiger partial charge on any atom is 0.317 e. The SMILES string of the molecule is CCn1c(-c2cnc(C)nc2)nc2c(NC3CCN(C(=O)NCCC(=O)O)C3)ncnc21. The molecular formula is C20H25N9O3. The van der Waals surface area contributed by atoms with Crippen molar-refractivity contribution in [1.29, 1.82) is 0 Å². The number of carboxylic acid groups (broad SMARTS) is 1. The van der Waals surface area contributed by atoms with Crippen LogP contribution < -0.4 is 10.6 Å². The first-order chi connectivity index (χ1) is 15.5. The number of likely N-dealkylation sites (tertiary alicyclic amines) is 1. The summed E-state index contributed by atoms with van der Waals surface area (Å²) in [5, 5.41) is 14.7. The molecule has 1 fully saturated rings. The summed E-state index contributed by atoms with van der Waals surface area (Å²) in [7, 11) is 0. The zero-order valence-corrected chi connectivity index (χ0v) is 17.9. The Balaban J connectivity index is 1.51. The van der Waals surface area contributed by atoms with Crippen molar-refractivity contribution in [3.8, 4) is 11.4 Å². The van der Waals surface area contributed by atoms with Crippen molar-refractivity contribution in [2.75, 3.05) is 25.0 Å². The third-order valence-corrected chi connectivity index (χ3v) is 5.32. The summed E-state index contributed by atoms with van der Waals surface area (Å²) < 4.78 is 1.99. The fourth-order valence-electron chi connectivity index (χ4n) is 3.71. The fourth-order valence-corrected chi connectivity index (χ4v) is 3.71. The van der Waals surface area contributed by atoms with Crippen LogP contribution >= 0.6 is 0 Å². The quantitative estimate of drug-likeness (QED) is 0.494. The largest absolute Gasteiger partial charge is 0.481 e. The van der Waals surface area contributed by atoms with Crippen molar-refractivity contribution in [3.05, 3.63) is 24.5 Å². The zero-order chi connectivity index (χ0) is 22.7. The first-order valence-electron chi connectivity index (χ1n) is 10.5. The second kappa shape index (κ2) is 9.12. The summed E-state index contributed by atoms with van der Waals surface area (Å²) in [5.41, 5.74) is 2.16. The van der Waals surface area contributed by atoms with E-state index in [1.165, 1.54) is 6.33 Å². The molecule has 0 spiro atoms. The Bertz CT molecular complexity index is 1130. The molecule has 12 heteroatoms. The topological polar surface area (TPSA) is 151 Å². The summed E-state index contributed by atoms with van der Waals surface area (Å²) in [6, 6.07) is -0.267. The van der Waals surface area contributed by atoms with Crippen LogP contribution in [0.15, 0.2) is 18.7 Å². The molecule has 1 aliphatic rings. The Morgan fingerprint density at radius 3 is 2.72 bits per heavy atom. The van der Waals surface area contributed by atoms with Crippen LogP contribution in [0.3, 0.4) is 0 Å². The lowest BCUT2D eigenvalue weighted by molar-refractivity contribution is -0.136. The molecule has 168 valence electrons. The average Bonchev–Trinajstić information content (AvgIpc) is 3.39. The van der Waals surface area contributed by atoms with Gasteiger partial charge in [0.05, 0.1) is 12.0 Å². The highest BCUT2D eigenvalue weighted by Crippen LogP contribution is 2.27. The van der Waals surface area contributed by atoms with Crippen LogP contribution in [-0.2, 0) is 11.3 Å². The van der Waals surface area contributed by atoms with Gasteiger partial charge in [0.25, 0.3) is 0 Å². The minimum absolute atomic E-state index is 0.00346. The Morgan fingerprint density at radius 2 is 2.00 bits per heavy atom. The number of carbonyl (C=O) groups is 2. The van der Waals surface area contributed by atoms with Gasteiger partial charge < -0.3 is 25.2 Å². The third kappa shape index (κ3) is 4.43. The maximum absolute atomic E-state index is 12.2. The normalized spacial score (nSPS) is 15.8. The van der Waals surface area contributed by atoms with Crippen LogP contribution in [0.25, 0.3) is 22.6 Å². The second-order valence-corrected chi connectivity index (χ2v) is 7.54. The molecule has 0 aliphatic carbocycles. The summed E-state index contributed by atoms with van der Waals surface area (Å²) in [6.45, 7) is 5.68. The molecule has 0 radical (unpaired) electrons. The average molecular weight is 439 g/mol. The Labute approximate surface area is 184 Å². The number of carboxylic acids is 1. The number of carbonyl (C=O) groups excluding carboxylic acids is 1. The number of imidazole rings is 1. The number of hydrogen-bond acceptors (Lipinski definition) is 8. The standard InChI is InChI=1S/C20H25N9O3/c1-3-29-18(13-8-22-12(2)23-9-13)27-16-17(24-11-25-19(16)29)26-14-5-7-28(10-14)20(32)21-6-4-15(30)31/h8-9,11,14H,3-7,10H2,1-2H3,(H,21,32)(H,30,31)(H,24,25,26). The van der Waals surface area contributed by atoms with Crippen molar-refractivity contribution in [2.45, 2.75) is 39.3 Å². The van der Waals surface area contributed by atoms with Gasteiger partial charge in [-0.05, 0) is 20.3 Å². The summed E-state index contributed by atoms with van der Waals surface area (Å²) in [4.78, 5) is 46.7. The second-order valence-electron chi connectivity index (χ2n) is 7.54. The van der Waals surface area contributed by atoms with E-state index in [2.05, 4.69) is 30.6 Å². The Morgan fingerprint density at radius 1 is 1.22 bits per heavy atom. The molecule has 1 unspecified atom stereocenters. The van der Waals surface area contributed by atoms with E-state index in [-0.39, 0.29) is 25.0 Å². The van der Waals surface area contributed by atoms with E-state index in [0.717, 1.165) is 17.8 Å². The molecule has 12 nitrogen and oxygen atoms in total. The first-order valence-corrected chi connectivity index (χ1v) is 10.5. The zero-order valence-electron chi connectivity index (χ0n) is 17.9. The third-order valence-electron chi connectivity index (χ3n) is 5.32. The number of rotatable bonds is 7. The van der Waals surface area contributed by atoms with E-state index < -0.39 is 5.97 Å². The number of anilines is 1. The highest BCUT2D eigenvalue weighted by Gasteiger charge is 2.27. The first kappa shape index (κ1) is 21.4. The van der Waals surface area contributed by atoms with Crippen molar-refractivity contribution in [2.24, 2.45) is 0 Å². The van der Waals surface area contributed by atoms with Gasteiger partial charge in [-0.15, -0.1) is 0 Å². The molecule has 3 aromatic heterocycles. The molecule has 0 bridgehead atoms. The number of hydrogen-bond donors (Lipinski definition) is 3. The minimum atomic E-state index is -0.942. The molecule has 1 atom stereocenters. The van der Waals surface area contributed by atoms with Crippen molar-refractivity contribution >= 4 is 29.0 Å². The molecule has 4 rings (SSSR count). The molecule has 3 N–H and O–H groups in total. The van der Waals surface area contributed by atoms with E-state index in [4.69, 9.17) is 10.1 Å². The predicted molar refractivity (Wildman–Crippen MR) is 116 cm³/mol. The van der Waals surface area contributed by atoms with E-state index >= 15 is 0 Å². The van der Waals surface area contributed by atoms with Crippen LogP contribution in [0.2, 0.25) is 0 Å². The Kier molecular flexibility index (Phi) is 6.10. The predicted octanol–water partition coefficient (Wildman–Crippen LogP) is 1.28. The van der Waals surface area contributed by atoms with Gasteiger partial charge in [0.2, 0.25) is 0 Å². The highest BCUT2D eigenvalue weighted by molar-refractivity contribution is 5.86. The van der Waals surface area contributed by atoms with E-state index in [1.54, 1.807) is 17.3 Å². The number of amides is 2. The summed E-state index contributed by atoms with van der Waals surface area (Å²) in [5.74, 6) is 1.07. The summed E-state index contributed by atoms with van der Waals surface area (Å²) in [6.07, 6.45) is 5.63. The van der Waals surface area contributed by atoms with Gasteiger partial charge in [0.15, 0.2) is 17.0 Å². The maximum atomic E-state index is 12.2. The molecule has 32 heavy (non-hydrogen) atoms. The number of fused-ring (bicyclic) bond motifs is 1. The van der Waals surface area contributed by atoms with Gasteiger partial charge in [-0.2, -0.15) is 0 Å². The van der Waals surface area contributed by atoms with Crippen LogP contribution in [0.1, 0.15) is 25.6 Å². The molecule has 3 aromatic rings. The monoisotopic (exact) mass is 439 g/mol. The van der Waals surface area contributed by atoms with Gasteiger partial charge in [-0.1, -0.05) is 0 Å². The lowest BCUT2D eigenvalue weighted by atomic mass is 10.2. The van der Waals surface area contributed by atoms with E-state index in [1.807, 2.05) is 18.4 Å². The smallest absolute Gasteiger partial charge is 0.317 e. The molecule has 1 saturated heterocycles. The summed E-state index contributed by atoms with van der Waals surface area (Å²) >= 11 is 0. The van der Waals surface area contributed by atoms with Gasteiger partial charge in [0, 0.05) is 44.6 Å². The molecule has 1 aliphatic heterocycles. The van der Waals surface area contributed by atoms with Gasteiger partial charge in [-0.3, -0.25) is 4.79 Å². The number of aliphatic carboxylic acids is 1. The lowest BCUT2D eigenvalue weighted by Gasteiger charge is -2.18. The van der Waals surface area contributed by atoms with Crippen LogP contribution in [0.4, 0.5) is 10.6 Å². The van der Waals surface area contributed by atoms with Crippen LogP contribution in [0.5, 0.6) is 0 Å². The van der Waals surface area contributed by atoms with Crippen molar-refractivity contribution in [1.82, 2.24) is 39.7 Å². The number of nitrogens with one attached hydrogen (secondary N) is 2. The van der Waals surface area contributed by atoms with Crippen LogP contribution in [-0.4, -0.2) is 77.2 Å². The molecular weight excluding hydrogens is 414 g/mol. The van der Waals surface area contributed by atoms with E-state index in [0.29, 0.717) is 42.4 Å². The lowest BCUT2D eigenvalue weighted by Crippen LogP contribution is -2.40. The van der Waals surface area contributed by atoms with Gasteiger partial charge in [-0.25, -0.2) is 29.7 Å². The van der Waals surface area contributed by atoms with Gasteiger partial charge in [0.1, 0.15) is 18.0 Å². The minimum Gasteiger partial charge on any atom is -0.481 e. The molecule has 0 saturated carbocycles. The van der Waals surface area contributed by atoms with Crippen molar-refractivity contribution < 1.29 is 14.7 Å². The van der Waals surface area contributed by atoms with Crippen LogP contribution in [0, 0.1) is 6.92 Å². The number of nitrogens with zero attached hydrogens (tertiary/aromatic N) is 7. The Hall–Kier alpha value is -3.83. The van der Waals surface area contributed by atoms with Gasteiger partial charge >= 0.3 is 12.0 Å². The number of aromatic nitrogens is 6. The highest BCUT2D eigenvalue weighted by atomic mass is 16.4. The molecule has 2 amide bonds. The van der Waals surface area contributed by atoms with E-state index in [9.17, 15) is 9.59 Å². The number of urea groups is 1. The molecule has 0 aromatic carbocycles.